The Morgan fingerprint density at radius 1 is 1.41 bits per heavy atom. The van der Waals surface area contributed by atoms with Crippen molar-refractivity contribution in [2.75, 3.05) is 20.8 Å². The van der Waals surface area contributed by atoms with Gasteiger partial charge in [0.15, 0.2) is 5.78 Å². The summed E-state index contributed by atoms with van der Waals surface area (Å²) in [5.74, 6) is 0.712. The van der Waals surface area contributed by atoms with Crippen LogP contribution in [0.2, 0.25) is 0 Å². The zero-order chi connectivity index (χ0) is 13.0. The molecular formula is C12H17NO4. The van der Waals surface area contributed by atoms with E-state index in [0.29, 0.717) is 17.1 Å². The maximum Gasteiger partial charge on any atom is 0.185 e. The lowest BCUT2D eigenvalue weighted by Crippen LogP contribution is -2.34. The lowest BCUT2D eigenvalue weighted by molar-refractivity contribution is 0.0922. The molecule has 0 amide bonds. The average molecular weight is 239 g/mol. The molecule has 0 radical (unpaired) electrons. The fraction of sp³-hybridized carbons (Fsp3) is 0.417. The Morgan fingerprint density at radius 3 is 2.53 bits per heavy atom. The van der Waals surface area contributed by atoms with Crippen LogP contribution in [0.5, 0.6) is 11.5 Å². The molecule has 0 aliphatic carbocycles. The number of Topliss-reactive ketones (excluding diaryl/α,β-unsaturated/α-hetero) is 1. The number of hydrogen-bond donors (Lipinski definition) is 2. The molecule has 0 bridgehead atoms. The Balaban J connectivity index is 3.26. The van der Waals surface area contributed by atoms with E-state index in [2.05, 4.69) is 0 Å². The van der Waals surface area contributed by atoms with Crippen LogP contribution in [0.3, 0.4) is 0 Å². The van der Waals surface area contributed by atoms with Crippen LogP contribution in [-0.2, 0) is 0 Å². The summed E-state index contributed by atoms with van der Waals surface area (Å²) in [6, 6.07) is 2.33. The van der Waals surface area contributed by atoms with E-state index < -0.39 is 12.6 Å². The van der Waals surface area contributed by atoms with Gasteiger partial charge in [-0.2, -0.15) is 0 Å². The molecule has 1 rings (SSSR count). The van der Waals surface area contributed by atoms with Crippen molar-refractivity contribution in [3.63, 3.8) is 0 Å². The third-order valence-corrected chi connectivity index (χ3v) is 2.58. The van der Waals surface area contributed by atoms with Crippen LogP contribution in [0.4, 0.5) is 0 Å². The number of carbonyl (C=O) groups excluding carboxylic acids is 1. The van der Waals surface area contributed by atoms with Crippen LogP contribution in [0.1, 0.15) is 15.9 Å². The van der Waals surface area contributed by atoms with Crippen molar-refractivity contribution < 1.29 is 19.4 Å². The lowest BCUT2D eigenvalue weighted by Gasteiger charge is -2.15. The molecule has 0 aliphatic heterocycles. The van der Waals surface area contributed by atoms with Crippen molar-refractivity contribution in [3.8, 4) is 11.5 Å². The third kappa shape index (κ3) is 2.57. The molecule has 0 heterocycles. The minimum Gasteiger partial charge on any atom is -0.496 e. The van der Waals surface area contributed by atoms with Crippen molar-refractivity contribution in [1.82, 2.24) is 0 Å². The smallest absolute Gasteiger partial charge is 0.185 e. The molecule has 0 aliphatic rings. The Bertz CT molecular complexity index is 417. The van der Waals surface area contributed by atoms with Gasteiger partial charge < -0.3 is 20.3 Å². The van der Waals surface area contributed by atoms with Crippen LogP contribution >= 0.6 is 0 Å². The Hall–Kier alpha value is -1.59. The molecule has 1 aromatic carbocycles. The van der Waals surface area contributed by atoms with Crippen LogP contribution in [0.15, 0.2) is 12.1 Å². The van der Waals surface area contributed by atoms with Crippen molar-refractivity contribution in [2.45, 2.75) is 13.0 Å². The summed E-state index contributed by atoms with van der Waals surface area (Å²) in [7, 11) is 3.02. The first-order chi connectivity index (χ1) is 8.06. The zero-order valence-electron chi connectivity index (χ0n) is 10.2. The van der Waals surface area contributed by atoms with Crippen LogP contribution in [0.25, 0.3) is 0 Å². The summed E-state index contributed by atoms with van der Waals surface area (Å²) < 4.78 is 10.3. The quantitative estimate of drug-likeness (QED) is 0.732. The second-order valence-electron chi connectivity index (χ2n) is 3.63. The number of hydrogen-bond acceptors (Lipinski definition) is 5. The molecule has 1 aromatic rings. The summed E-state index contributed by atoms with van der Waals surface area (Å²) in [6.45, 7) is 1.39. The molecule has 17 heavy (non-hydrogen) atoms. The van der Waals surface area contributed by atoms with E-state index in [1.807, 2.05) is 0 Å². The number of rotatable bonds is 5. The number of methoxy groups -OCH3 is 2. The van der Waals surface area contributed by atoms with Gasteiger partial charge in [-0.3, -0.25) is 4.79 Å². The second-order valence-corrected chi connectivity index (χ2v) is 3.63. The standard InChI is InChI=1S/C12H17NO4/c1-7-10(16-2)5-4-8(12(7)17-3)11(15)9(13)6-14/h4-5,9,14H,6,13H2,1-3H3. The van der Waals surface area contributed by atoms with Gasteiger partial charge in [0.25, 0.3) is 0 Å². The molecule has 0 saturated heterocycles. The molecule has 94 valence electrons. The minimum atomic E-state index is -0.934. The first-order valence-corrected chi connectivity index (χ1v) is 5.19. The van der Waals surface area contributed by atoms with E-state index in [9.17, 15) is 4.79 Å². The predicted molar refractivity (Wildman–Crippen MR) is 63.7 cm³/mol. The fourth-order valence-electron chi connectivity index (χ4n) is 1.63. The Kier molecular flexibility index (Phi) is 4.48. The highest BCUT2D eigenvalue weighted by Gasteiger charge is 2.21. The van der Waals surface area contributed by atoms with Gasteiger partial charge in [-0.1, -0.05) is 0 Å². The number of ether oxygens (including phenoxy) is 2. The topological polar surface area (TPSA) is 81.8 Å². The summed E-state index contributed by atoms with van der Waals surface area (Å²) in [5, 5.41) is 8.89. The molecule has 1 unspecified atom stereocenters. The first-order valence-electron chi connectivity index (χ1n) is 5.19. The van der Waals surface area contributed by atoms with Gasteiger partial charge in [-0.25, -0.2) is 0 Å². The van der Waals surface area contributed by atoms with Gasteiger partial charge in [0.1, 0.15) is 11.5 Å². The van der Waals surface area contributed by atoms with E-state index in [4.69, 9.17) is 20.3 Å². The van der Waals surface area contributed by atoms with Crippen LogP contribution in [-0.4, -0.2) is 37.8 Å². The number of carbonyl (C=O) groups is 1. The number of benzene rings is 1. The summed E-state index contributed by atoms with van der Waals surface area (Å²) in [6.07, 6.45) is 0. The first kappa shape index (κ1) is 13.5. The highest BCUT2D eigenvalue weighted by atomic mass is 16.5. The Morgan fingerprint density at radius 2 is 2.06 bits per heavy atom. The van der Waals surface area contributed by atoms with Gasteiger partial charge in [-0.15, -0.1) is 0 Å². The van der Waals surface area contributed by atoms with E-state index in [0.717, 1.165) is 5.56 Å². The van der Waals surface area contributed by atoms with Crippen molar-refractivity contribution >= 4 is 5.78 Å². The van der Waals surface area contributed by atoms with Crippen molar-refractivity contribution in [1.29, 1.82) is 0 Å². The highest BCUT2D eigenvalue weighted by molar-refractivity contribution is 6.03. The third-order valence-electron chi connectivity index (χ3n) is 2.58. The van der Waals surface area contributed by atoms with Crippen LogP contribution in [0, 0.1) is 6.92 Å². The predicted octanol–water partition coefficient (Wildman–Crippen LogP) is 0.515. The molecule has 1 atom stereocenters. The summed E-state index contributed by atoms with van der Waals surface area (Å²) in [5.41, 5.74) is 6.59. The molecular weight excluding hydrogens is 222 g/mol. The summed E-state index contributed by atoms with van der Waals surface area (Å²) >= 11 is 0. The van der Waals surface area contributed by atoms with Crippen LogP contribution < -0.4 is 15.2 Å². The second kappa shape index (κ2) is 5.65. The highest BCUT2D eigenvalue weighted by Crippen LogP contribution is 2.31. The van der Waals surface area contributed by atoms with E-state index in [1.54, 1.807) is 26.2 Å². The average Bonchev–Trinajstić information content (AvgIpc) is 2.36. The van der Waals surface area contributed by atoms with Gasteiger partial charge in [0, 0.05) is 5.56 Å². The van der Waals surface area contributed by atoms with Gasteiger partial charge in [0.05, 0.1) is 32.4 Å². The van der Waals surface area contributed by atoms with E-state index in [-0.39, 0.29) is 5.78 Å². The molecule has 0 saturated carbocycles. The molecule has 5 heteroatoms. The Labute approximate surface area is 100 Å². The largest absolute Gasteiger partial charge is 0.496 e. The number of nitrogens with two attached hydrogens (primary N) is 1. The summed E-state index contributed by atoms with van der Waals surface area (Å²) in [4.78, 5) is 11.9. The zero-order valence-corrected chi connectivity index (χ0v) is 10.2. The fourth-order valence-corrected chi connectivity index (χ4v) is 1.63. The van der Waals surface area contributed by atoms with Gasteiger partial charge in [-0.05, 0) is 19.1 Å². The maximum absolute atomic E-state index is 11.9. The molecule has 0 spiro atoms. The van der Waals surface area contributed by atoms with Crippen molar-refractivity contribution in [2.24, 2.45) is 5.73 Å². The minimum absolute atomic E-state index is 0.352. The lowest BCUT2D eigenvalue weighted by atomic mass is 10.0. The van der Waals surface area contributed by atoms with E-state index >= 15 is 0 Å². The van der Waals surface area contributed by atoms with Gasteiger partial charge >= 0.3 is 0 Å². The molecule has 0 fully saturated rings. The van der Waals surface area contributed by atoms with E-state index in [1.165, 1.54) is 7.11 Å². The van der Waals surface area contributed by atoms with Gasteiger partial charge in [0.2, 0.25) is 0 Å². The SMILES string of the molecule is COc1ccc(C(=O)C(N)CO)c(OC)c1C. The molecule has 0 aromatic heterocycles. The normalized spacial score (nSPS) is 12.1. The molecule has 5 nitrogen and oxygen atoms in total. The molecule has 3 N–H and O–H groups in total. The number of aliphatic hydroxyl groups excluding tert-OH is 1. The maximum atomic E-state index is 11.9. The number of aliphatic hydroxyl groups is 1. The monoisotopic (exact) mass is 239 g/mol. The van der Waals surface area contributed by atoms with Crippen molar-refractivity contribution in [3.05, 3.63) is 23.3 Å². The number of ketones is 1.